The minimum absolute atomic E-state index is 0.0198. The highest BCUT2D eigenvalue weighted by Crippen LogP contribution is 2.35. The molecule has 0 bridgehead atoms. The molecule has 0 unspecified atom stereocenters. The van der Waals surface area contributed by atoms with Gasteiger partial charge in [0.2, 0.25) is 0 Å². The Bertz CT molecular complexity index is 1740. The van der Waals surface area contributed by atoms with Gasteiger partial charge in [0.05, 0.1) is 34.1 Å². The van der Waals surface area contributed by atoms with Gasteiger partial charge in [0, 0.05) is 23.9 Å². The van der Waals surface area contributed by atoms with Crippen LogP contribution in [0, 0.1) is 25.5 Å². The zero-order valence-corrected chi connectivity index (χ0v) is 23.2. The molecule has 0 spiro atoms. The van der Waals surface area contributed by atoms with E-state index >= 15 is 0 Å². The maximum Gasteiger partial charge on any atom is 0.254 e. The van der Waals surface area contributed by atoms with Gasteiger partial charge in [-0.15, -0.1) is 0 Å². The summed E-state index contributed by atoms with van der Waals surface area (Å²) in [7, 11) is 1.48. The van der Waals surface area contributed by atoms with Crippen molar-refractivity contribution in [3.8, 4) is 11.4 Å². The Hall–Kier alpha value is -4.08. The zero-order chi connectivity index (χ0) is 28.6. The summed E-state index contributed by atoms with van der Waals surface area (Å²) < 4.78 is 36.2. The number of nitrogens with one attached hydrogen (secondary N) is 1. The predicted octanol–water partition coefficient (Wildman–Crippen LogP) is 6.59. The molecule has 1 amide bonds. The average molecular weight is 582 g/mol. The fraction of sp³-hybridized carbons (Fsp3) is 0.172. The number of pyridine rings is 1. The minimum atomic E-state index is -0.659. The van der Waals surface area contributed by atoms with Crippen LogP contribution >= 0.6 is 23.2 Å². The summed E-state index contributed by atoms with van der Waals surface area (Å²) in [4.78, 5) is 22.0. The fourth-order valence-corrected chi connectivity index (χ4v) is 5.22. The molecule has 1 N–H and O–H groups in total. The smallest absolute Gasteiger partial charge is 0.254 e. The van der Waals surface area contributed by atoms with E-state index in [1.54, 1.807) is 43.3 Å². The maximum absolute atomic E-state index is 14.9. The van der Waals surface area contributed by atoms with Crippen LogP contribution in [-0.4, -0.2) is 39.3 Å². The Morgan fingerprint density at radius 3 is 2.48 bits per heavy atom. The number of nitrogens with zero attached hydrogens (tertiary/aromatic N) is 4. The van der Waals surface area contributed by atoms with Crippen LogP contribution in [0.2, 0.25) is 10.0 Å². The number of hydrogen-bond donors (Lipinski definition) is 1. The third-order valence-corrected chi connectivity index (χ3v) is 7.12. The van der Waals surface area contributed by atoms with Crippen molar-refractivity contribution in [2.45, 2.75) is 19.8 Å². The fourth-order valence-electron chi connectivity index (χ4n) is 4.57. The van der Waals surface area contributed by atoms with Crippen molar-refractivity contribution < 1.29 is 18.3 Å². The summed E-state index contributed by atoms with van der Waals surface area (Å²) in [5, 5.41) is 7.82. The molecule has 0 aliphatic heterocycles. The van der Waals surface area contributed by atoms with Crippen molar-refractivity contribution in [3.63, 3.8) is 0 Å². The van der Waals surface area contributed by atoms with Gasteiger partial charge in [-0.2, -0.15) is 5.10 Å². The molecule has 1 atom stereocenters. The normalized spacial score (nSPS) is 12.0. The first-order chi connectivity index (χ1) is 19.2. The van der Waals surface area contributed by atoms with Gasteiger partial charge in [-0.25, -0.2) is 23.4 Å². The van der Waals surface area contributed by atoms with Gasteiger partial charge >= 0.3 is 0 Å². The molecule has 11 heteroatoms. The number of aromatic nitrogens is 4. The maximum atomic E-state index is 14.9. The number of fused-ring (bicyclic) bond motifs is 1. The van der Waals surface area contributed by atoms with E-state index in [1.807, 2.05) is 6.92 Å². The lowest BCUT2D eigenvalue weighted by molar-refractivity contribution is 0.0952. The number of aryl methyl sites for hydroxylation is 2. The van der Waals surface area contributed by atoms with Crippen LogP contribution in [0.25, 0.3) is 16.6 Å². The first-order valence-corrected chi connectivity index (χ1v) is 13.0. The predicted molar refractivity (Wildman–Crippen MR) is 150 cm³/mol. The van der Waals surface area contributed by atoms with E-state index in [9.17, 15) is 13.6 Å². The van der Waals surface area contributed by atoms with Crippen LogP contribution < -0.4 is 10.1 Å². The van der Waals surface area contributed by atoms with Crippen LogP contribution in [0.5, 0.6) is 5.75 Å². The van der Waals surface area contributed by atoms with Crippen LogP contribution in [0.15, 0.2) is 60.9 Å². The van der Waals surface area contributed by atoms with Gasteiger partial charge < -0.3 is 10.1 Å². The molecule has 0 fully saturated rings. The van der Waals surface area contributed by atoms with Crippen LogP contribution in [-0.2, 0) is 0 Å². The number of benzene rings is 3. The minimum Gasteiger partial charge on any atom is -0.496 e. The summed E-state index contributed by atoms with van der Waals surface area (Å²) in [5.74, 6) is -1.22. The Balaban J connectivity index is 1.51. The van der Waals surface area contributed by atoms with Gasteiger partial charge in [0.1, 0.15) is 35.1 Å². The summed E-state index contributed by atoms with van der Waals surface area (Å²) in [5.41, 5.74) is 2.41. The molecule has 0 radical (unpaired) electrons. The molecule has 3 aromatic carbocycles. The topological polar surface area (TPSA) is 81.9 Å². The second kappa shape index (κ2) is 11.2. The van der Waals surface area contributed by atoms with E-state index in [0.29, 0.717) is 33.9 Å². The highest BCUT2D eigenvalue weighted by atomic mass is 35.5. The highest BCUT2D eigenvalue weighted by Gasteiger charge is 2.24. The molecule has 204 valence electrons. The number of halogens is 4. The Labute approximate surface area is 238 Å². The molecule has 2 aromatic heterocycles. The third-order valence-electron chi connectivity index (χ3n) is 6.52. The second-order valence-electron chi connectivity index (χ2n) is 9.18. The summed E-state index contributed by atoms with van der Waals surface area (Å²) >= 11 is 12.9. The van der Waals surface area contributed by atoms with Crippen LogP contribution in [0.3, 0.4) is 0 Å². The first kappa shape index (κ1) is 27.5. The lowest BCUT2D eigenvalue weighted by Crippen LogP contribution is -2.30. The Morgan fingerprint density at radius 2 is 1.82 bits per heavy atom. The lowest BCUT2D eigenvalue weighted by atomic mass is 9.93. The highest BCUT2D eigenvalue weighted by molar-refractivity contribution is 6.40. The largest absolute Gasteiger partial charge is 0.496 e. The van der Waals surface area contributed by atoms with Gasteiger partial charge in [0.15, 0.2) is 0 Å². The van der Waals surface area contributed by atoms with Crippen molar-refractivity contribution in [2.75, 3.05) is 13.7 Å². The number of methoxy groups -OCH3 is 1. The lowest BCUT2D eigenvalue weighted by Gasteiger charge is -2.21. The molecule has 0 saturated carbocycles. The van der Waals surface area contributed by atoms with E-state index in [2.05, 4.69) is 20.4 Å². The quantitative estimate of drug-likeness (QED) is 0.234. The van der Waals surface area contributed by atoms with E-state index in [0.717, 1.165) is 5.56 Å². The number of rotatable bonds is 7. The molecule has 0 saturated heterocycles. The molecule has 5 rings (SSSR count). The van der Waals surface area contributed by atoms with Gasteiger partial charge in [-0.3, -0.25) is 4.79 Å². The molecule has 0 aliphatic rings. The zero-order valence-electron chi connectivity index (χ0n) is 21.7. The number of carbonyl (C=O) groups is 1. The first-order valence-electron chi connectivity index (χ1n) is 12.2. The number of ether oxygens (including phenoxy) is 1. The molecule has 0 aliphatic carbocycles. The van der Waals surface area contributed by atoms with Crippen molar-refractivity contribution in [1.82, 2.24) is 25.1 Å². The molecule has 7 nitrogen and oxygen atoms in total. The van der Waals surface area contributed by atoms with Crippen molar-refractivity contribution in [3.05, 3.63) is 111 Å². The van der Waals surface area contributed by atoms with Gasteiger partial charge in [-0.1, -0.05) is 41.4 Å². The summed E-state index contributed by atoms with van der Waals surface area (Å²) in [6, 6.07) is 13.7. The van der Waals surface area contributed by atoms with Crippen LogP contribution in [0.1, 0.15) is 38.9 Å². The van der Waals surface area contributed by atoms with E-state index in [-0.39, 0.29) is 27.7 Å². The monoisotopic (exact) mass is 581 g/mol. The summed E-state index contributed by atoms with van der Waals surface area (Å²) in [6.45, 7) is 3.55. The van der Waals surface area contributed by atoms with E-state index in [4.69, 9.17) is 27.9 Å². The van der Waals surface area contributed by atoms with Gasteiger partial charge in [0.25, 0.3) is 5.91 Å². The average Bonchev–Trinajstić information content (AvgIpc) is 3.36. The standard InChI is InChI=1S/C29H23Cl2F2N5O2/c1-15-7-8-23(33)28-26(15)25(40-3)12-24(36-28)20(17-5-4-6-18(32)9-17)13-34-29(39)27-21(30)10-19(11-22(27)31)38-14-35-16(2)37-38/h4-12,14,20H,13H2,1-3H3,(H,34,39)/t20-/m0/s1. The van der Waals surface area contributed by atoms with Crippen molar-refractivity contribution in [2.24, 2.45) is 0 Å². The molecular formula is C29H23Cl2F2N5O2. The molecule has 2 heterocycles. The molecular weight excluding hydrogens is 559 g/mol. The number of hydrogen-bond acceptors (Lipinski definition) is 5. The Kier molecular flexibility index (Phi) is 7.69. The molecule has 40 heavy (non-hydrogen) atoms. The number of carbonyl (C=O) groups excluding carboxylic acids is 1. The molecule has 5 aromatic rings. The van der Waals surface area contributed by atoms with E-state index in [1.165, 1.54) is 36.3 Å². The SMILES string of the molecule is COc1cc([C@@H](CNC(=O)c2c(Cl)cc(-n3cnc(C)n3)cc2Cl)c2cccc(F)c2)nc2c(F)ccc(C)c12. The Morgan fingerprint density at radius 1 is 1.07 bits per heavy atom. The van der Waals surface area contributed by atoms with Crippen molar-refractivity contribution >= 4 is 40.0 Å². The van der Waals surface area contributed by atoms with E-state index < -0.39 is 23.5 Å². The summed E-state index contributed by atoms with van der Waals surface area (Å²) in [6.07, 6.45) is 1.51. The van der Waals surface area contributed by atoms with Gasteiger partial charge in [-0.05, 0) is 55.3 Å². The third kappa shape index (κ3) is 5.35. The van der Waals surface area contributed by atoms with Crippen LogP contribution in [0.4, 0.5) is 8.78 Å². The van der Waals surface area contributed by atoms with Crippen molar-refractivity contribution in [1.29, 1.82) is 0 Å². The second-order valence-corrected chi connectivity index (χ2v) is 9.99. The number of amides is 1.